The molecule has 2 nitrogen and oxygen atoms in total. The van der Waals surface area contributed by atoms with E-state index in [0.717, 1.165) is 37.2 Å². The number of hydrogen-bond acceptors (Lipinski definition) is 2. The third-order valence-corrected chi connectivity index (χ3v) is 3.70. The molecule has 116 valence electrons. The Labute approximate surface area is 133 Å². The fourth-order valence-electron chi connectivity index (χ4n) is 2.23. The normalized spacial score (nSPS) is 10.5. The first-order valence-corrected chi connectivity index (χ1v) is 8.00. The van der Waals surface area contributed by atoms with Crippen molar-refractivity contribution >= 4 is 5.78 Å². The van der Waals surface area contributed by atoms with Crippen molar-refractivity contribution in [3.63, 3.8) is 0 Å². The number of benzene rings is 2. The van der Waals surface area contributed by atoms with Gasteiger partial charge < -0.3 is 4.74 Å². The predicted octanol–water partition coefficient (Wildman–Crippen LogP) is 4.99. The minimum Gasteiger partial charge on any atom is -0.494 e. The van der Waals surface area contributed by atoms with Gasteiger partial charge >= 0.3 is 0 Å². The van der Waals surface area contributed by atoms with E-state index in [2.05, 4.69) is 6.92 Å². The molecule has 0 aromatic heterocycles. The van der Waals surface area contributed by atoms with Gasteiger partial charge in [0.15, 0.2) is 5.78 Å². The van der Waals surface area contributed by atoms with Gasteiger partial charge in [0.2, 0.25) is 0 Å². The first-order valence-electron chi connectivity index (χ1n) is 8.00. The molecule has 0 bridgehead atoms. The highest BCUT2D eigenvalue weighted by Gasteiger charge is 2.06. The Bertz CT molecular complexity index is 582. The van der Waals surface area contributed by atoms with Crippen LogP contribution in [0.1, 0.15) is 47.7 Å². The van der Waals surface area contributed by atoms with Gasteiger partial charge in [-0.1, -0.05) is 55.3 Å². The first-order chi connectivity index (χ1) is 10.7. The van der Waals surface area contributed by atoms with Gasteiger partial charge in [0.1, 0.15) is 5.75 Å². The molecule has 2 aromatic rings. The molecule has 0 radical (unpaired) electrons. The summed E-state index contributed by atoms with van der Waals surface area (Å²) < 4.78 is 5.64. The zero-order chi connectivity index (χ0) is 15.8. The molecule has 0 fully saturated rings. The van der Waals surface area contributed by atoms with Gasteiger partial charge in [-0.15, -0.1) is 0 Å². The van der Waals surface area contributed by atoms with Crippen molar-refractivity contribution in [1.29, 1.82) is 0 Å². The van der Waals surface area contributed by atoms with Crippen LogP contribution in [0, 0.1) is 6.92 Å². The first kappa shape index (κ1) is 16.3. The number of hydrogen-bond donors (Lipinski definition) is 0. The molecular weight excluding hydrogens is 272 g/mol. The second-order valence-electron chi connectivity index (χ2n) is 5.64. The Morgan fingerprint density at radius 2 is 1.68 bits per heavy atom. The van der Waals surface area contributed by atoms with Crippen LogP contribution in [-0.4, -0.2) is 12.4 Å². The molecule has 0 saturated carbocycles. The number of rotatable bonds is 8. The highest BCUT2D eigenvalue weighted by Crippen LogP contribution is 2.15. The lowest BCUT2D eigenvalue weighted by Gasteiger charge is -2.06. The third-order valence-electron chi connectivity index (χ3n) is 3.70. The van der Waals surface area contributed by atoms with Crippen molar-refractivity contribution in [2.24, 2.45) is 0 Å². The summed E-state index contributed by atoms with van der Waals surface area (Å²) in [5.41, 5.74) is 3.14. The molecule has 2 rings (SSSR count). The molecule has 0 spiro atoms. The smallest absolute Gasteiger partial charge is 0.163 e. The number of Topliss-reactive ketones (excluding diaryl/α,β-unsaturated/α-hetero) is 1. The fourth-order valence-corrected chi connectivity index (χ4v) is 2.23. The van der Waals surface area contributed by atoms with Crippen LogP contribution < -0.4 is 4.74 Å². The summed E-state index contributed by atoms with van der Waals surface area (Å²) in [6.07, 6.45) is 3.52. The lowest BCUT2D eigenvalue weighted by Crippen LogP contribution is -2.01. The van der Waals surface area contributed by atoms with E-state index < -0.39 is 0 Å². The average molecular weight is 296 g/mol. The molecule has 0 aliphatic rings. The van der Waals surface area contributed by atoms with Gasteiger partial charge in [0.05, 0.1) is 6.61 Å². The van der Waals surface area contributed by atoms with Crippen molar-refractivity contribution in [3.8, 4) is 5.75 Å². The SMILES string of the molecule is CCCCOc1ccc(CCC(=O)c2ccc(C)cc2)cc1. The number of ether oxygens (including phenoxy) is 1. The zero-order valence-corrected chi connectivity index (χ0v) is 13.5. The molecule has 0 unspecified atom stereocenters. The molecule has 0 amide bonds. The van der Waals surface area contributed by atoms with Crippen molar-refractivity contribution in [2.45, 2.75) is 39.5 Å². The Kier molecular flexibility index (Phi) is 6.20. The van der Waals surface area contributed by atoms with Gasteiger partial charge in [0, 0.05) is 12.0 Å². The molecule has 22 heavy (non-hydrogen) atoms. The van der Waals surface area contributed by atoms with Gasteiger partial charge in [-0.2, -0.15) is 0 Å². The lowest BCUT2D eigenvalue weighted by atomic mass is 10.0. The lowest BCUT2D eigenvalue weighted by molar-refractivity contribution is 0.0983. The largest absolute Gasteiger partial charge is 0.494 e. The summed E-state index contributed by atoms with van der Waals surface area (Å²) in [5.74, 6) is 1.10. The average Bonchev–Trinajstić information content (AvgIpc) is 2.55. The third kappa shape index (κ3) is 5.03. The second-order valence-corrected chi connectivity index (χ2v) is 5.64. The summed E-state index contributed by atoms with van der Waals surface area (Å²) in [4.78, 5) is 12.1. The summed E-state index contributed by atoms with van der Waals surface area (Å²) in [7, 11) is 0. The van der Waals surface area contributed by atoms with Crippen LogP contribution in [0.25, 0.3) is 0 Å². The van der Waals surface area contributed by atoms with Crippen molar-refractivity contribution in [2.75, 3.05) is 6.61 Å². The number of aryl methyl sites for hydroxylation is 2. The Balaban J connectivity index is 1.83. The molecule has 0 saturated heterocycles. The van der Waals surface area contributed by atoms with Crippen LogP contribution in [0.4, 0.5) is 0 Å². The summed E-state index contributed by atoms with van der Waals surface area (Å²) in [6.45, 7) is 4.94. The van der Waals surface area contributed by atoms with Gasteiger partial charge in [0.25, 0.3) is 0 Å². The summed E-state index contributed by atoms with van der Waals surface area (Å²) in [5, 5.41) is 0. The topological polar surface area (TPSA) is 26.3 Å². The van der Waals surface area contributed by atoms with E-state index in [1.54, 1.807) is 0 Å². The molecule has 0 heterocycles. The molecule has 0 atom stereocenters. The highest BCUT2D eigenvalue weighted by atomic mass is 16.5. The van der Waals surface area contributed by atoms with Crippen LogP contribution in [0.3, 0.4) is 0 Å². The summed E-state index contributed by atoms with van der Waals surface area (Å²) >= 11 is 0. The van der Waals surface area contributed by atoms with Gasteiger partial charge in [-0.05, 0) is 37.5 Å². The molecular formula is C20H24O2. The van der Waals surface area contributed by atoms with Crippen molar-refractivity contribution in [3.05, 3.63) is 65.2 Å². The van der Waals surface area contributed by atoms with Crippen LogP contribution >= 0.6 is 0 Å². The maximum absolute atomic E-state index is 12.1. The van der Waals surface area contributed by atoms with E-state index >= 15 is 0 Å². The molecule has 0 aliphatic carbocycles. The van der Waals surface area contributed by atoms with Crippen LogP contribution in [0.2, 0.25) is 0 Å². The van der Waals surface area contributed by atoms with Gasteiger partial charge in [-0.25, -0.2) is 0 Å². The molecule has 2 aromatic carbocycles. The van der Waals surface area contributed by atoms with Crippen molar-refractivity contribution in [1.82, 2.24) is 0 Å². The van der Waals surface area contributed by atoms with E-state index in [0.29, 0.717) is 6.42 Å². The fraction of sp³-hybridized carbons (Fsp3) is 0.350. The maximum Gasteiger partial charge on any atom is 0.163 e. The minimum atomic E-state index is 0.197. The standard InChI is InChI=1S/C20H24O2/c1-3-4-15-22-19-12-7-17(8-13-19)9-14-20(21)18-10-5-16(2)6-11-18/h5-8,10-13H,3-4,9,14-15H2,1-2H3. The van der Waals surface area contributed by atoms with Crippen molar-refractivity contribution < 1.29 is 9.53 Å². The van der Waals surface area contributed by atoms with E-state index in [-0.39, 0.29) is 5.78 Å². The van der Waals surface area contributed by atoms with Crippen LogP contribution in [0.5, 0.6) is 5.75 Å². The van der Waals surface area contributed by atoms with Gasteiger partial charge in [-0.3, -0.25) is 4.79 Å². The maximum atomic E-state index is 12.1. The number of carbonyl (C=O) groups excluding carboxylic acids is 1. The van der Waals surface area contributed by atoms with E-state index in [4.69, 9.17) is 4.74 Å². The number of unbranched alkanes of at least 4 members (excludes halogenated alkanes) is 1. The summed E-state index contributed by atoms with van der Waals surface area (Å²) in [6, 6.07) is 15.8. The minimum absolute atomic E-state index is 0.197. The van der Waals surface area contributed by atoms with E-state index in [1.807, 2.05) is 55.5 Å². The van der Waals surface area contributed by atoms with E-state index in [1.165, 1.54) is 11.1 Å². The quantitative estimate of drug-likeness (QED) is 0.507. The molecule has 0 aliphatic heterocycles. The highest BCUT2D eigenvalue weighted by molar-refractivity contribution is 5.96. The van der Waals surface area contributed by atoms with Crippen LogP contribution in [0.15, 0.2) is 48.5 Å². The molecule has 2 heteroatoms. The Morgan fingerprint density at radius 1 is 1.00 bits per heavy atom. The van der Waals surface area contributed by atoms with E-state index in [9.17, 15) is 4.79 Å². The molecule has 0 N–H and O–H groups in total. The monoisotopic (exact) mass is 296 g/mol. The number of carbonyl (C=O) groups is 1. The van der Waals surface area contributed by atoms with Crippen LogP contribution in [-0.2, 0) is 6.42 Å². The second kappa shape index (κ2) is 8.38. The number of ketones is 1. The Hall–Kier alpha value is -2.09. The predicted molar refractivity (Wildman–Crippen MR) is 90.7 cm³/mol. The zero-order valence-electron chi connectivity index (χ0n) is 13.5. The Morgan fingerprint density at radius 3 is 2.32 bits per heavy atom.